The van der Waals surface area contributed by atoms with E-state index in [-0.39, 0.29) is 17.5 Å². The number of fused-ring (bicyclic) bond motifs is 1. The molecule has 0 aliphatic heterocycles. The molecule has 37 heavy (non-hydrogen) atoms. The van der Waals surface area contributed by atoms with Crippen molar-refractivity contribution in [1.82, 2.24) is 9.88 Å². The van der Waals surface area contributed by atoms with Crippen molar-refractivity contribution in [3.63, 3.8) is 0 Å². The van der Waals surface area contributed by atoms with Crippen LogP contribution in [0, 0.1) is 0 Å². The van der Waals surface area contributed by atoms with Crippen LogP contribution in [-0.4, -0.2) is 21.6 Å². The second-order valence-corrected chi connectivity index (χ2v) is 9.07. The number of nitrogens with one attached hydrogen (secondary N) is 1. The molecule has 0 saturated carbocycles. The highest BCUT2D eigenvalue weighted by atomic mass is 16.4. The minimum absolute atomic E-state index is 0.0575. The second kappa shape index (κ2) is 10.5. The van der Waals surface area contributed by atoms with Gasteiger partial charge >= 0.3 is 5.97 Å². The minimum Gasteiger partial charge on any atom is -0.478 e. The Bertz CT molecular complexity index is 1560. The lowest BCUT2D eigenvalue weighted by atomic mass is 9.95. The van der Waals surface area contributed by atoms with Crippen molar-refractivity contribution >= 4 is 22.8 Å². The van der Waals surface area contributed by atoms with E-state index < -0.39 is 5.97 Å². The molecule has 5 rings (SSSR count). The normalized spacial score (nSPS) is 11.8. The van der Waals surface area contributed by atoms with E-state index in [1.165, 1.54) is 0 Å². The van der Waals surface area contributed by atoms with Crippen molar-refractivity contribution in [3.8, 4) is 11.1 Å². The zero-order chi connectivity index (χ0) is 25.8. The van der Waals surface area contributed by atoms with E-state index in [1.54, 1.807) is 12.1 Å². The molecule has 1 unspecified atom stereocenters. The summed E-state index contributed by atoms with van der Waals surface area (Å²) in [6.45, 7) is 2.45. The number of carbonyl (C=O) groups excluding carboxylic acids is 1. The first-order valence-electron chi connectivity index (χ1n) is 12.4. The number of benzene rings is 4. The first-order valence-corrected chi connectivity index (χ1v) is 12.4. The summed E-state index contributed by atoms with van der Waals surface area (Å²) in [5.74, 6) is -1.07. The van der Waals surface area contributed by atoms with Gasteiger partial charge in [0.05, 0.1) is 11.6 Å². The Morgan fingerprint density at radius 1 is 0.865 bits per heavy atom. The van der Waals surface area contributed by atoms with Crippen LogP contribution in [0.1, 0.15) is 51.2 Å². The molecule has 2 N–H and O–H groups in total. The Kier molecular flexibility index (Phi) is 6.86. The Balaban J connectivity index is 1.45. The third-order valence-corrected chi connectivity index (χ3v) is 6.77. The molecule has 1 atom stereocenters. The molecular weight excluding hydrogens is 460 g/mol. The SMILES string of the molecule is CCC(NC(=O)c1ccc2c(ccn2Cc2c(C(=O)O)cccc2-c2ccccc2)c1)c1ccccc1. The Labute approximate surface area is 216 Å². The Morgan fingerprint density at radius 2 is 1.59 bits per heavy atom. The van der Waals surface area contributed by atoms with Crippen molar-refractivity contribution < 1.29 is 14.7 Å². The zero-order valence-electron chi connectivity index (χ0n) is 20.6. The van der Waals surface area contributed by atoms with Crippen LogP contribution in [0.3, 0.4) is 0 Å². The van der Waals surface area contributed by atoms with Crippen molar-refractivity contribution in [3.05, 3.63) is 132 Å². The number of carboxylic acid groups (broad SMARTS) is 1. The smallest absolute Gasteiger partial charge is 0.336 e. The van der Waals surface area contributed by atoms with Crippen molar-refractivity contribution in [2.24, 2.45) is 0 Å². The number of carbonyl (C=O) groups is 2. The molecule has 0 aliphatic rings. The number of amides is 1. The second-order valence-electron chi connectivity index (χ2n) is 9.07. The van der Waals surface area contributed by atoms with E-state index in [4.69, 9.17) is 0 Å². The van der Waals surface area contributed by atoms with Gasteiger partial charge in [-0.2, -0.15) is 0 Å². The molecule has 1 amide bonds. The van der Waals surface area contributed by atoms with Crippen LogP contribution < -0.4 is 5.32 Å². The van der Waals surface area contributed by atoms with E-state index in [1.807, 2.05) is 102 Å². The number of aromatic nitrogens is 1. The highest BCUT2D eigenvalue weighted by Crippen LogP contribution is 2.29. The first-order chi connectivity index (χ1) is 18.0. The van der Waals surface area contributed by atoms with Crippen LogP contribution in [0.4, 0.5) is 0 Å². The summed E-state index contributed by atoms with van der Waals surface area (Å²) in [4.78, 5) is 25.1. The van der Waals surface area contributed by atoms with Gasteiger partial charge in [-0.3, -0.25) is 4.79 Å². The molecule has 5 aromatic rings. The summed E-state index contributed by atoms with van der Waals surface area (Å²) < 4.78 is 2.03. The molecule has 0 saturated heterocycles. The van der Waals surface area contributed by atoms with Crippen LogP contribution >= 0.6 is 0 Å². The van der Waals surface area contributed by atoms with Gasteiger partial charge in [0.1, 0.15) is 0 Å². The van der Waals surface area contributed by atoms with Crippen LogP contribution in [-0.2, 0) is 6.54 Å². The monoisotopic (exact) mass is 488 g/mol. The molecule has 5 heteroatoms. The van der Waals surface area contributed by atoms with Crippen LogP contribution in [0.25, 0.3) is 22.0 Å². The fourth-order valence-electron chi connectivity index (χ4n) is 4.84. The van der Waals surface area contributed by atoms with Gasteiger partial charge in [0.2, 0.25) is 0 Å². The maximum Gasteiger partial charge on any atom is 0.336 e. The minimum atomic E-state index is -0.952. The van der Waals surface area contributed by atoms with Gasteiger partial charge in [0.25, 0.3) is 5.91 Å². The quantitative estimate of drug-likeness (QED) is 0.249. The molecular formula is C32H28N2O3. The van der Waals surface area contributed by atoms with Gasteiger partial charge in [-0.05, 0) is 59.0 Å². The molecule has 0 bridgehead atoms. The van der Waals surface area contributed by atoms with Crippen molar-refractivity contribution in [1.29, 1.82) is 0 Å². The van der Waals surface area contributed by atoms with Gasteiger partial charge in [0, 0.05) is 29.2 Å². The van der Waals surface area contributed by atoms with Gasteiger partial charge in [-0.15, -0.1) is 0 Å². The lowest BCUT2D eigenvalue weighted by Gasteiger charge is -2.17. The molecule has 0 radical (unpaired) electrons. The fourth-order valence-corrected chi connectivity index (χ4v) is 4.84. The van der Waals surface area contributed by atoms with E-state index in [0.29, 0.717) is 12.1 Å². The third kappa shape index (κ3) is 5.02. The van der Waals surface area contributed by atoms with Gasteiger partial charge in [-0.1, -0.05) is 79.7 Å². The lowest BCUT2D eigenvalue weighted by Crippen LogP contribution is -2.28. The van der Waals surface area contributed by atoms with Crippen LogP contribution in [0.5, 0.6) is 0 Å². The van der Waals surface area contributed by atoms with E-state index in [9.17, 15) is 14.7 Å². The van der Waals surface area contributed by atoms with E-state index in [2.05, 4.69) is 12.2 Å². The summed E-state index contributed by atoms with van der Waals surface area (Å²) in [5.41, 5.74) is 5.50. The highest BCUT2D eigenvalue weighted by Gasteiger charge is 2.18. The fraction of sp³-hybridized carbons (Fsp3) is 0.125. The number of aromatic carboxylic acids is 1. The van der Waals surface area contributed by atoms with Gasteiger partial charge in [0.15, 0.2) is 0 Å². The predicted molar refractivity (Wildman–Crippen MR) is 147 cm³/mol. The largest absolute Gasteiger partial charge is 0.478 e. The summed E-state index contributed by atoms with van der Waals surface area (Å²) in [7, 11) is 0. The molecule has 0 spiro atoms. The lowest BCUT2D eigenvalue weighted by molar-refractivity contribution is 0.0695. The number of carboxylic acids is 1. The highest BCUT2D eigenvalue weighted by molar-refractivity contribution is 5.98. The molecule has 4 aromatic carbocycles. The van der Waals surface area contributed by atoms with Crippen LogP contribution in [0.15, 0.2) is 109 Å². The molecule has 0 fully saturated rings. The first kappa shape index (κ1) is 24.1. The molecule has 1 aromatic heterocycles. The maximum atomic E-state index is 13.1. The van der Waals surface area contributed by atoms with E-state index in [0.717, 1.165) is 39.6 Å². The maximum absolute atomic E-state index is 13.1. The average Bonchev–Trinajstić information content (AvgIpc) is 3.34. The van der Waals surface area contributed by atoms with Crippen LogP contribution in [0.2, 0.25) is 0 Å². The van der Waals surface area contributed by atoms with Crippen molar-refractivity contribution in [2.75, 3.05) is 0 Å². The summed E-state index contributed by atoms with van der Waals surface area (Å²) in [6, 6.07) is 32.7. The number of hydrogen-bond acceptors (Lipinski definition) is 2. The number of hydrogen-bond donors (Lipinski definition) is 2. The molecule has 5 nitrogen and oxygen atoms in total. The summed E-state index contributed by atoms with van der Waals surface area (Å²) >= 11 is 0. The third-order valence-electron chi connectivity index (χ3n) is 6.77. The average molecular weight is 489 g/mol. The standard InChI is InChI=1S/C32H28N2O3/c1-2-29(23-12-7-4-8-13-23)33-31(35)25-16-17-30-24(20-25)18-19-34(30)21-28-26(22-10-5-3-6-11-22)14-9-15-27(28)32(36)37/h3-20,29H,2,21H2,1H3,(H,33,35)(H,36,37). The Hall–Kier alpha value is -4.64. The zero-order valence-corrected chi connectivity index (χ0v) is 20.6. The number of nitrogens with zero attached hydrogens (tertiary/aromatic N) is 1. The summed E-state index contributed by atoms with van der Waals surface area (Å²) in [6.07, 6.45) is 2.74. The van der Waals surface area contributed by atoms with E-state index >= 15 is 0 Å². The topological polar surface area (TPSA) is 71.3 Å². The molecule has 1 heterocycles. The Morgan fingerprint density at radius 3 is 2.30 bits per heavy atom. The van der Waals surface area contributed by atoms with Crippen molar-refractivity contribution in [2.45, 2.75) is 25.9 Å². The number of rotatable bonds is 8. The van der Waals surface area contributed by atoms with Gasteiger partial charge in [-0.25, -0.2) is 4.79 Å². The molecule has 184 valence electrons. The van der Waals surface area contributed by atoms with Gasteiger partial charge < -0.3 is 15.0 Å². The molecule has 0 aliphatic carbocycles. The predicted octanol–water partition coefficient (Wildman–Crippen LogP) is 6.94. The summed E-state index contributed by atoms with van der Waals surface area (Å²) in [5, 5.41) is 14.0.